The van der Waals surface area contributed by atoms with Gasteiger partial charge in [0, 0.05) is 19.0 Å². The predicted octanol–water partition coefficient (Wildman–Crippen LogP) is 3.30. The summed E-state index contributed by atoms with van der Waals surface area (Å²) in [5.41, 5.74) is 0.765. The van der Waals surface area contributed by atoms with Crippen LogP contribution >= 0.6 is 24.0 Å². The third-order valence-electron chi connectivity index (χ3n) is 4.71. The van der Waals surface area contributed by atoms with Crippen molar-refractivity contribution >= 4 is 29.9 Å². The van der Waals surface area contributed by atoms with Gasteiger partial charge in [0.25, 0.3) is 0 Å². The maximum Gasteiger partial charge on any atom is 0.191 e. The zero-order valence-electron chi connectivity index (χ0n) is 15.0. The lowest BCUT2D eigenvalue weighted by molar-refractivity contribution is 0.0936. The van der Waals surface area contributed by atoms with Crippen molar-refractivity contribution in [3.63, 3.8) is 0 Å². The van der Waals surface area contributed by atoms with Crippen molar-refractivity contribution in [1.82, 2.24) is 10.6 Å². The van der Waals surface area contributed by atoms with E-state index in [4.69, 9.17) is 9.47 Å². The number of nitrogens with zero attached hydrogens (tertiary/aromatic N) is 1. The number of benzene rings is 2. The quantitative estimate of drug-likeness (QED) is 0.398. The Balaban J connectivity index is 0.00000210. The molecule has 2 N–H and O–H groups in total. The molecule has 2 aromatic carbocycles. The fourth-order valence-electron chi connectivity index (χ4n) is 3.22. The van der Waals surface area contributed by atoms with E-state index in [1.807, 2.05) is 36.4 Å². The van der Waals surface area contributed by atoms with Gasteiger partial charge in [0.1, 0.15) is 18.5 Å². The van der Waals surface area contributed by atoms with E-state index in [2.05, 4.69) is 15.6 Å². The highest BCUT2D eigenvalue weighted by Crippen LogP contribution is 2.41. The van der Waals surface area contributed by atoms with Crippen molar-refractivity contribution in [3.8, 4) is 11.5 Å². The first-order chi connectivity index (χ1) is 12.7. The third kappa shape index (κ3) is 4.63. The van der Waals surface area contributed by atoms with E-state index in [1.54, 1.807) is 13.1 Å². The van der Waals surface area contributed by atoms with Gasteiger partial charge in [-0.25, -0.2) is 4.39 Å². The smallest absolute Gasteiger partial charge is 0.191 e. The second kappa shape index (κ2) is 8.77. The number of rotatable bonds is 4. The van der Waals surface area contributed by atoms with Crippen LogP contribution < -0.4 is 20.1 Å². The van der Waals surface area contributed by atoms with Gasteiger partial charge in [-0.2, -0.15) is 0 Å². The minimum atomic E-state index is -0.142. The summed E-state index contributed by atoms with van der Waals surface area (Å²) in [6.07, 6.45) is 0.808. The largest absolute Gasteiger partial charge is 0.486 e. The number of fused-ring (bicyclic) bond motifs is 1. The minimum Gasteiger partial charge on any atom is -0.486 e. The molecule has 2 aliphatic rings. The molecule has 7 heteroatoms. The van der Waals surface area contributed by atoms with Gasteiger partial charge in [-0.3, -0.25) is 4.99 Å². The molecule has 1 saturated carbocycles. The van der Waals surface area contributed by atoms with E-state index in [-0.39, 0.29) is 47.9 Å². The predicted molar refractivity (Wildman–Crippen MR) is 114 cm³/mol. The van der Waals surface area contributed by atoms with Crippen molar-refractivity contribution in [3.05, 3.63) is 59.9 Å². The van der Waals surface area contributed by atoms with Crippen LogP contribution in [-0.2, 0) is 0 Å². The van der Waals surface area contributed by atoms with Crippen LogP contribution in [0, 0.1) is 5.82 Å². The first kappa shape index (κ1) is 19.7. The van der Waals surface area contributed by atoms with Crippen molar-refractivity contribution in [2.24, 2.45) is 4.99 Å². The fraction of sp³-hybridized carbons (Fsp3) is 0.350. The Hall–Kier alpha value is -2.03. The molecular weight excluding hydrogens is 460 g/mol. The highest BCUT2D eigenvalue weighted by molar-refractivity contribution is 14.0. The molecule has 1 aliphatic heterocycles. The van der Waals surface area contributed by atoms with Gasteiger partial charge in [0.05, 0.1) is 6.54 Å². The van der Waals surface area contributed by atoms with Crippen LogP contribution in [0.5, 0.6) is 11.5 Å². The Morgan fingerprint density at radius 2 is 1.89 bits per heavy atom. The molecule has 2 aromatic rings. The van der Waals surface area contributed by atoms with Gasteiger partial charge in [0.2, 0.25) is 0 Å². The summed E-state index contributed by atoms with van der Waals surface area (Å²) in [5, 5.41) is 6.62. The lowest BCUT2D eigenvalue weighted by atomic mass is 10.1. The van der Waals surface area contributed by atoms with Gasteiger partial charge in [-0.1, -0.05) is 30.3 Å². The Kier molecular flexibility index (Phi) is 6.41. The van der Waals surface area contributed by atoms with Crippen LogP contribution in [0.1, 0.15) is 17.9 Å². The molecule has 4 rings (SSSR count). The average Bonchev–Trinajstić information content (AvgIpc) is 3.44. The van der Waals surface area contributed by atoms with Crippen LogP contribution in [0.4, 0.5) is 4.39 Å². The van der Waals surface area contributed by atoms with E-state index in [0.717, 1.165) is 23.5 Å². The molecule has 1 aliphatic carbocycles. The molecule has 0 bridgehead atoms. The van der Waals surface area contributed by atoms with Crippen molar-refractivity contribution < 1.29 is 13.9 Å². The summed E-state index contributed by atoms with van der Waals surface area (Å²) in [7, 11) is 1.73. The van der Waals surface area contributed by atoms with E-state index in [9.17, 15) is 4.39 Å². The molecule has 0 spiro atoms. The number of guanidine groups is 1. The summed E-state index contributed by atoms with van der Waals surface area (Å²) in [5.74, 6) is 2.27. The van der Waals surface area contributed by atoms with Crippen LogP contribution in [0.25, 0.3) is 0 Å². The maximum absolute atomic E-state index is 13.9. The molecule has 0 aromatic heterocycles. The molecule has 0 radical (unpaired) electrons. The Labute approximate surface area is 175 Å². The lowest BCUT2D eigenvalue weighted by Gasteiger charge is -2.27. The van der Waals surface area contributed by atoms with Gasteiger partial charge < -0.3 is 20.1 Å². The first-order valence-corrected chi connectivity index (χ1v) is 8.84. The SMILES string of the molecule is CN=C(NCC1COc2ccccc2O1)NC1CC1c1ccccc1F.I. The van der Waals surface area contributed by atoms with E-state index >= 15 is 0 Å². The van der Waals surface area contributed by atoms with E-state index in [0.29, 0.717) is 19.1 Å². The molecule has 0 saturated heterocycles. The highest BCUT2D eigenvalue weighted by Gasteiger charge is 2.40. The normalized spacial score (nSPS) is 23.2. The molecular formula is C20H23FIN3O2. The lowest BCUT2D eigenvalue weighted by Crippen LogP contribution is -2.46. The highest BCUT2D eigenvalue weighted by atomic mass is 127. The molecule has 27 heavy (non-hydrogen) atoms. The molecule has 3 unspecified atom stereocenters. The number of ether oxygens (including phenoxy) is 2. The molecule has 0 amide bonds. The standard InChI is InChI=1S/C20H22FN3O2.HI/c1-22-20(24-17-10-15(17)14-6-2-3-7-16(14)21)23-11-13-12-25-18-8-4-5-9-19(18)26-13;/h2-9,13,15,17H,10-12H2,1H3,(H2,22,23,24);1H. The van der Waals surface area contributed by atoms with Crippen LogP contribution in [0.3, 0.4) is 0 Å². The Morgan fingerprint density at radius 3 is 2.67 bits per heavy atom. The summed E-state index contributed by atoms with van der Waals surface area (Å²) < 4.78 is 25.5. The van der Waals surface area contributed by atoms with Crippen LogP contribution in [0.15, 0.2) is 53.5 Å². The minimum absolute atomic E-state index is 0. The number of halogens is 2. The van der Waals surface area contributed by atoms with Crippen LogP contribution in [-0.4, -0.2) is 38.3 Å². The van der Waals surface area contributed by atoms with Gasteiger partial charge in [-0.15, -0.1) is 24.0 Å². The number of nitrogens with one attached hydrogen (secondary N) is 2. The molecule has 1 heterocycles. The van der Waals surface area contributed by atoms with Crippen molar-refractivity contribution in [1.29, 1.82) is 0 Å². The van der Waals surface area contributed by atoms with Crippen molar-refractivity contribution in [2.45, 2.75) is 24.5 Å². The number of aliphatic imine (C=N–C) groups is 1. The molecule has 5 nitrogen and oxygen atoms in total. The number of para-hydroxylation sites is 2. The van der Waals surface area contributed by atoms with E-state index < -0.39 is 0 Å². The number of hydrogen-bond donors (Lipinski definition) is 2. The summed E-state index contributed by atoms with van der Waals surface area (Å²) in [6, 6.07) is 14.8. The molecule has 144 valence electrons. The Morgan fingerprint density at radius 1 is 1.15 bits per heavy atom. The number of hydrogen-bond acceptors (Lipinski definition) is 3. The van der Waals surface area contributed by atoms with Gasteiger partial charge >= 0.3 is 0 Å². The zero-order valence-corrected chi connectivity index (χ0v) is 17.4. The van der Waals surface area contributed by atoms with Crippen molar-refractivity contribution in [2.75, 3.05) is 20.2 Å². The summed E-state index contributed by atoms with van der Waals surface area (Å²) >= 11 is 0. The molecule has 1 fully saturated rings. The fourth-order valence-corrected chi connectivity index (χ4v) is 3.22. The van der Waals surface area contributed by atoms with Gasteiger partial charge in [-0.05, 0) is 30.2 Å². The third-order valence-corrected chi connectivity index (χ3v) is 4.71. The zero-order chi connectivity index (χ0) is 17.9. The maximum atomic E-state index is 13.9. The Bertz CT molecular complexity index is 817. The first-order valence-electron chi connectivity index (χ1n) is 8.84. The van der Waals surface area contributed by atoms with Gasteiger partial charge in [0.15, 0.2) is 17.5 Å². The second-order valence-corrected chi connectivity index (χ2v) is 6.57. The molecule has 3 atom stereocenters. The van der Waals surface area contributed by atoms with Crippen LogP contribution in [0.2, 0.25) is 0 Å². The second-order valence-electron chi connectivity index (χ2n) is 6.57. The van der Waals surface area contributed by atoms with E-state index in [1.165, 1.54) is 6.07 Å². The summed E-state index contributed by atoms with van der Waals surface area (Å²) in [6.45, 7) is 1.06. The monoisotopic (exact) mass is 483 g/mol. The topological polar surface area (TPSA) is 54.9 Å². The summed E-state index contributed by atoms with van der Waals surface area (Å²) in [4.78, 5) is 4.25. The average molecular weight is 483 g/mol.